The minimum absolute atomic E-state index is 0. The second kappa shape index (κ2) is 6.24. The van der Waals surface area contributed by atoms with Gasteiger partial charge in [-0.3, -0.25) is 0 Å². The van der Waals surface area contributed by atoms with Crippen molar-refractivity contribution in [2.75, 3.05) is 7.05 Å². The van der Waals surface area contributed by atoms with Crippen LogP contribution in [0, 0.1) is 6.92 Å². The number of aromatic nitrogens is 3. The lowest BCUT2D eigenvalue weighted by atomic mass is 10.2. The van der Waals surface area contributed by atoms with E-state index in [0.717, 1.165) is 11.2 Å². The summed E-state index contributed by atoms with van der Waals surface area (Å²) in [6.45, 7) is 4.00. The van der Waals surface area contributed by atoms with E-state index in [1.807, 2.05) is 32.2 Å². The fourth-order valence-corrected chi connectivity index (χ4v) is 1.94. The Morgan fingerprint density at radius 2 is 2.10 bits per heavy atom. The second-order valence-electron chi connectivity index (χ2n) is 4.86. The minimum atomic E-state index is 0. The van der Waals surface area contributed by atoms with Crippen LogP contribution in [-0.2, 0) is 6.42 Å². The number of nitrogens with one attached hydrogen (secondary N) is 1. The lowest BCUT2D eigenvalue weighted by molar-refractivity contribution is 0.408. The van der Waals surface area contributed by atoms with Gasteiger partial charge in [0.15, 0.2) is 17.2 Å². The van der Waals surface area contributed by atoms with Crippen LogP contribution in [-0.4, -0.2) is 28.2 Å². The highest BCUT2D eigenvalue weighted by atomic mass is 35.5. The van der Waals surface area contributed by atoms with Crippen LogP contribution in [0.3, 0.4) is 0 Å². The fourth-order valence-electron chi connectivity index (χ4n) is 1.94. The van der Waals surface area contributed by atoms with Crippen molar-refractivity contribution in [1.82, 2.24) is 20.4 Å². The van der Waals surface area contributed by atoms with Crippen LogP contribution in [0.1, 0.15) is 18.4 Å². The van der Waals surface area contributed by atoms with E-state index < -0.39 is 0 Å². The highest BCUT2D eigenvalue weighted by Gasteiger charge is 2.15. The van der Waals surface area contributed by atoms with Crippen LogP contribution in [0.25, 0.3) is 22.8 Å². The zero-order chi connectivity index (χ0) is 14.1. The van der Waals surface area contributed by atoms with E-state index in [0.29, 0.717) is 35.5 Å². The summed E-state index contributed by atoms with van der Waals surface area (Å²) in [4.78, 5) is 8.74. The molecule has 0 radical (unpaired) electrons. The molecule has 6 nitrogen and oxygen atoms in total. The molecule has 112 valence electrons. The van der Waals surface area contributed by atoms with Crippen molar-refractivity contribution in [3.63, 3.8) is 0 Å². The molecule has 3 aromatic heterocycles. The van der Waals surface area contributed by atoms with Crippen molar-refractivity contribution in [3.05, 3.63) is 29.7 Å². The molecule has 0 aliphatic heterocycles. The van der Waals surface area contributed by atoms with Gasteiger partial charge >= 0.3 is 0 Å². The topological polar surface area (TPSA) is 77.0 Å². The molecule has 3 heterocycles. The van der Waals surface area contributed by atoms with Crippen molar-refractivity contribution in [2.45, 2.75) is 26.3 Å². The number of hydrogen-bond donors (Lipinski definition) is 1. The maximum absolute atomic E-state index is 5.68. The van der Waals surface area contributed by atoms with Crippen LogP contribution < -0.4 is 5.32 Å². The Hall–Kier alpha value is -1.92. The zero-order valence-electron chi connectivity index (χ0n) is 12.1. The van der Waals surface area contributed by atoms with Crippen LogP contribution in [0.2, 0.25) is 0 Å². The van der Waals surface area contributed by atoms with E-state index in [4.69, 9.17) is 8.94 Å². The molecule has 1 unspecified atom stereocenters. The molecule has 3 aromatic rings. The third kappa shape index (κ3) is 3.22. The van der Waals surface area contributed by atoms with Gasteiger partial charge in [0.25, 0.3) is 5.89 Å². The third-order valence-corrected chi connectivity index (χ3v) is 3.17. The van der Waals surface area contributed by atoms with Gasteiger partial charge in [0.1, 0.15) is 5.52 Å². The number of pyridine rings is 1. The first kappa shape index (κ1) is 15.5. The molecule has 3 rings (SSSR count). The summed E-state index contributed by atoms with van der Waals surface area (Å²) in [5.41, 5.74) is 2.45. The minimum Gasteiger partial charge on any atom is -0.449 e. The van der Waals surface area contributed by atoms with E-state index in [-0.39, 0.29) is 12.4 Å². The summed E-state index contributed by atoms with van der Waals surface area (Å²) >= 11 is 0. The quantitative estimate of drug-likeness (QED) is 0.798. The molecular weight excluding hydrogens is 292 g/mol. The van der Waals surface area contributed by atoms with E-state index in [2.05, 4.69) is 27.4 Å². The summed E-state index contributed by atoms with van der Waals surface area (Å²) < 4.78 is 10.9. The average Bonchev–Trinajstić information content (AvgIpc) is 3.04. The van der Waals surface area contributed by atoms with Gasteiger partial charge in [0.2, 0.25) is 0 Å². The molecule has 7 heteroatoms. The molecule has 0 spiro atoms. The molecule has 0 aliphatic rings. The number of fused-ring (bicyclic) bond motifs is 1. The first-order valence-electron chi connectivity index (χ1n) is 6.53. The Kier molecular flexibility index (Phi) is 4.59. The summed E-state index contributed by atoms with van der Waals surface area (Å²) in [5.74, 6) is 1.60. The number of rotatable bonds is 4. The highest BCUT2D eigenvalue weighted by Crippen LogP contribution is 2.25. The van der Waals surface area contributed by atoms with Gasteiger partial charge < -0.3 is 14.3 Å². The van der Waals surface area contributed by atoms with Gasteiger partial charge in [-0.2, -0.15) is 4.98 Å². The standard InChI is InChI=1S/C14H16N4O2.ClH/c1-8-4-5-11-10(16-8)7-12(19-11)14-17-13(18-20-14)6-9(2)15-3;/h4-5,7,9,15H,6H2,1-3H3;1H. The molecule has 0 saturated carbocycles. The summed E-state index contributed by atoms with van der Waals surface area (Å²) in [6.07, 6.45) is 0.706. The van der Waals surface area contributed by atoms with Crippen LogP contribution >= 0.6 is 12.4 Å². The van der Waals surface area contributed by atoms with Crippen LogP contribution in [0.5, 0.6) is 0 Å². The molecule has 1 atom stereocenters. The second-order valence-corrected chi connectivity index (χ2v) is 4.86. The average molecular weight is 309 g/mol. The van der Waals surface area contributed by atoms with E-state index >= 15 is 0 Å². The highest BCUT2D eigenvalue weighted by molar-refractivity contribution is 5.85. The third-order valence-electron chi connectivity index (χ3n) is 3.17. The molecule has 0 aromatic carbocycles. The smallest absolute Gasteiger partial charge is 0.293 e. The van der Waals surface area contributed by atoms with Gasteiger partial charge in [-0.25, -0.2) is 4.98 Å². The Bertz CT molecular complexity index is 737. The molecule has 21 heavy (non-hydrogen) atoms. The van der Waals surface area contributed by atoms with Gasteiger partial charge in [-0.05, 0) is 33.0 Å². The van der Waals surface area contributed by atoms with Crippen molar-refractivity contribution in [3.8, 4) is 11.7 Å². The largest absolute Gasteiger partial charge is 0.449 e. The summed E-state index contributed by atoms with van der Waals surface area (Å²) in [5, 5.41) is 7.10. The van der Waals surface area contributed by atoms with Gasteiger partial charge in [0.05, 0.1) is 0 Å². The fraction of sp³-hybridized carbons (Fsp3) is 0.357. The maximum atomic E-state index is 5.68. The van der Waals surface area contributed by atoms with Crippen molar-refractivity contribution in [2.24, 2.45) is 0 Å². The van der Waals surface area contributed by atoms with Gasteiger partial charge in [-0.15, -0.1) is 12.4 Å². The Labute approximate surface area is 128 Å². The number of furan rings is 1. The maximum Gasteiger partial charge on any atom is 0.293 e. The molecule has 1 N–H and O–H groups in total. The monoisotopic (exact) mass is 308 g/mol. The first-order valence-corrected chi connectivity index (χ1v) is 6.53. The Balaban J connectivity index is 0.00000161. The Morgan fingerprint density at radius 3 is 2.86 bits per heavy atom. The number of hydrogen-bond acceptors (Lipinski definition) is 6. The summed E-state index contributed by atoms with van der Waals surface area (Å²) in [6, 6.07) is 5.91. The van der Waals surface area contributed by atoms with E-state index in [9.17, 15) is 0 Å². The number of likely N-dealkylation sites (N-methyl/N-ethyl adjacent to an activating group) is 1. The molecule has 0 aliphatic carbocycles. The molecule has 0 amide bonds. The van der Waals surface area contributed by atoms with Crippen LogP contribution in [0.4, 0.5) is 0 Å². The van der Waals surface area contributed by atoms with Gasteiger partial charge in [-0.1, -0.05) is 5.16 Å². The predicted octanol–water partition coefficient (Wildman–Crippen LogP) is 2.76. The van der Waals surface area contributed by atoms with Crippen molar-refractivity contribution >= 4 is 23.5 Å². The lowest BCUT2D eigenvalue weighted by Crippen LogP contribution is -2.24. The summed E-state index contributed by atoms with van der Waals surface area (Å²) in [7, 11) is 1.90. The Morgan fingerprint density at radius 1 is 1.29 bits per heavy atom. The number of halogens is 1. The number of nitrogens with zero attached hydrogens (tertiary/aromatic N) is 3. The molecule has 0 fully saturated rings. The molecule has 0 saturated heterocycles. The molecular formula is C14H17ClN4O2. The van der Waals surface area contributed by atoms with Crippen LogP contribution in [0.15, 0.2) is 27.1 Å². The first-order chi connectivity index (χ1) is 9.65. The zero-order valence-corrected chi connectivity index (χ0v) is 12.9. The predicted molar refractivity (Wildman–Crippen MR) is 81.5 cm³/mol. The van der Waals surface area contributed by atoms with Gasteiger partial charge in [0, 0.05) is 24.2 Å². The molecule has 0 bridgehead atoms. The lowest BCUT2D eigenvalue weighted by Gasteiger charge is -2.04. The van der Waals surface area contributed by atoms with Crippen molar-refractivity contribution < 1.29 is 8.94 Å². The SMILES string of the molecule is CNC(C)Cc1noc(-c2cc3nc(C)ccc3o2)n1.Cl. The number of aryl methyl sites for hydroxylation is 1. The van der Waals surface area contributed by atoms with E-state index in [1.54, 1.807) is 0 Å². The van der Waals surface area contributed by atoms with E-state index in [1.165, 1.54) is 0 Å². The van der Waals surface area contributed by atoms with Crippen molar-refractivity contribution in [1.29, 1.82) is 0 Å². The normalized spacial score (nSPS) is 12.3.